The molecule has 0 spiro atoms. The van der Waals surface area contributed by atoms with E-state index in [2.05, 4.69) is 6.58 Å². The maximum absolute atomic E-state index is 11.2. The molecule has 0 unspecified atom stereocenters. The van der Waals surface area contributed by atoms with E-state index in [-0.39, 0.29) is 5.78 Å². The molecule has 0 saturated heterocycles. The fourth-order valence-electron chi connectivity index (χ4n) is 1.23. The first-order valence-electron chi connectivity index (χ1n) is 5.18. The van der Waals surface area contributed by atoms with E-state index in [0.29, 0.717) is 17.9 Å². The monoisotopic (exact) mass is 216 g/mol. The normalized spacial score (nSPS) is 11.0. The molecule has 0 bridgehead atoms. The molecule has 0 N–H and O–H groups in total. The fourth-order valence-corrected chi connectivity index (χ4v) is 1.23. The van der Waals surface area contributed by atoms with Gasteiger partial charge >= 0.3 is 0 Å². The van der Waals surface area contributed by atoms with Crippen LogP contribution in [0.3, 0.4) is 0 Å². The van der Waals surface area contributed by atoms with Crippen LogP contribution >= 0.6 is 0 Å². The van der Waals surface area contributed by atoms with Gasteiger partial charge in [0.05, 0.1) is 0 Å². The second-order valence-corrected chi connectivity index (χ2v) is 3.44. The molecule has 2 heteroatoms. The molecule has 0 radical (unpaired) electrons. The predicted octanol–water partition coefficient (Wildman–Crippen LogP) is 3.40. The van der Waals surface area contributed by atoms with Gasteiger partial charge < -0.3 is 4.74 Å². The summed E-state index contributed by atoms with van der Waals surface area (Å²) < 4.78 is 5.55. The van der Waals surface area contributed by atoms with Crippen molar-refractivity contribution >= 4 is 5.78 Å². The van der Waals surface area contributed by atoms with Crippen LogP contribution in [0.25, 0.3) is 0 Å². The summed E-state index contributed by atoms with van der Waals surface area (Å²) in [6, 6.07) is 7.18. The molecular weight excluding hydrogens is 200 g/mol. The van der Waals surface area contributed by atoms with Gasteiger partial charge in [0.25, 0.3) is 0 Å². The highest BCUT2D eigenvalue weighted by Gasteiger charge is 2.01. The van der Waals surface area contributed by atoms with Crippen molar-refractivity contribution in [3.05, 3.63) is 54.1 Å². The third-order valence-corrected chi connectivity index (χ3v) is 2.28. The number of ketones is 1. The number of Topliss-reactive ketones (excluding diaryl/α,β-unsaturated/α-hetero) is 1. The van der Waals surface area contributed by atoms with E-state index >= 15 is 0 Å². The summed E-state index contributed by atoms with van der Waals surface area (Å²) in [5.41, 5.74) is 1.69. The highest BCUT2D eigenvalue weighted by Crippen LogP contribution is 2.14. The Balaban J connectivity index is 2.71. The zero-order valence-electron chi connectivity index (χ0n) is 9.69. The second-order valence-electron chi connectivity index (χ2n) is 3.44. The van der Waals surface area contributed by atoms with Gasteiger partial charge in [-0.2, -0.15) is 0 Å². The van der Waals surface area contributed by atoms with Crippen LogP contribution in [0.1, 0.15) is 24.2 Å². The lowest BCUT2D eigenvalue weighted by atomic mass is 10.1. The molecule has 0 aliphatic carbocycles. The quantitative estimate of drug-likeness (QED) is 0.557. The molecule has 0 aliphatic rings. The van der Waals surface area contributed by atoms with Crippen molar-refractivity contribution in [3.63, 3.8) is 0 Å². The average Bonchev–Trinajstić information content (AvgIpc) is 2.31. The molecule has 0 fully saturated rings. The Bertz CT molecular complexity index is 416. The van der Waals surface area contributed by atoms with E-state index in [1.807, 2.05) is 25.1 Å². The van der Waals surface area contributed by atoms with Crippen LogP contribution in [0.15, 0.2) is 48.6 Å². The minimum Gasteiger partial charge on any atom is -0.489 e. The maximum Gasteiger partial charge on any atom is 0.159 e. The largest absolute Gasteiger partial charge is 0.489 e. The minimum absolute atomic E-state index is 0.0421. The van der Waals surface area contributed by atoms with E-state index in [1.54, 1.807) is 25.1 Å². The van der Waals surface area contributed by atoms with Crippen molar-refractivity contribution in [2.45, 2.75) is 13.8 Å². The van der Waals surface area contributed by atoms with Crippen molar-refractivity contribution < 1.29 is 9.53 Å². The zero-order chi connectivity index (χ0) is 12.0. The summed E-state index contributed by atoms with van der Waals surface area (Å²) in [4.78, 5) is 11.2. The van der Waals surface area contributed by atoms with Gasteiger partial charge in [-0.25, -0.2) is 0 Å². The van der Waals surface area contributed by atoms with Crippen LogP contribution in [-0.4, -0.2) is 12.4 Å². The second kappa shape index (κ2) is 5.91. The number of hydrogen-bond acceptors (Lipinski definition) is 2. The lowest BCUT2D eigenvalue weighted by Crippen LogP contribution is -2.00. The van der Waals surface area contributed by atoms with E-state index in [0.717, 1.165) is 5.57 Å². The van der Waals surface area contributed by atoms with Gasteiger partial charge in [0, 0.05) is 5.56 Å². The Kier molecular flexibility index (Phi) is 4.52. The Morgan fingerprint density at radius 3 is 2.81 bits per heavy atom. The fraction of sp³-hybridized carbons (Fsp3) is 0.214. The minimum atomic E-state index is 0.0421. The van der Waals surface area contributed by atoms with E-state index in [1.165, 1.54) is 0 Å². The number of hydrogen-bond donors (Lipinski definition) is 0. The van der Waals surface area contributed by atoms with Gasteiger partial charge in [0.1, 0.15) is 12.4 Å². The summed E-state index contributed by atoms with van der Waals surface area (Å²) in [5.74, 6) is 0.745. The van der Waals surface area contributed by atoms with Crippen LogP contribution < -0.4 is 4.74 Å². The number of carbonyl (C=O) groups excluding carboxylic acids is 1. The molecule has 1 aromatic rings. The molecule has 0 aliphatic heterocycles. The number of allylic oxidation sites excluding steroid dienone is 1. The van der Waals surface area contributed by atoms with Crippen LogP contribution in [0.2, 0.25) is 0 Å². The molecule has 2 nitrogen and oxygen atoms in total. The summed E-state index contributed by atoms with van der Waals surface area (Å²) in [6.45, 7) is 7.64. The molecule has 0 heterocycles. The summed E-state index contributed by atoms with van der Waals surface area (Å²) in [7, 11) is 0. The molecule has 0 amide bonds. The topological polar surface area (TPSA) is 26.3 Å². The number of carbonyl (C=O) groups is 1. The maximum atomic E-state index is 11.2. The van der Waals surface area contributed by atoms with Gasteiger partial charge in [-0.3, -0.25) is 4.79 Å². The summed E-state index contributed by atoms with van der Waals surface area (Å²) >= 11 is 0. The molecule has 16 heavy (non-hydrogen) atoms. The lowest BCUT2D eigenvalue weighted by Gasteiger charge is -2.07. The number of benzene rings is 1. The molecule has 1 aromatic carbocycles. The van der Waals surface area contributed by atoms with E-state index in [9.17, 15) is 4.79 Å². The third kappa shape index (κ3) is 3.39. The van der Waals surface area contributed by atoms with Crippen LogP contribution in [0.4, 0.5) is 0 Å². The predicted molar refractivity (Wildman–Crippen MR) is 65.9 cm³/mol. The smallest absolute Gasteiger partial charge is 0.159 e. The average molecular weight is 216 g/mol. The van der Waals surface area contributed by atoms with Gasteiger partial charge in [0.2, 0.25) is 0 Å². The van der Waals surface area contributed by atoms with Gasteiger partial charge in [-0.05, 0) is 31.6 Å². The number of rotatable bonds is 5. The Morgan fingerprint density at radius 1 is 1.50 bits per heavy atom. The molecule has 84 valence electrons. The summed E-state index contributed by atoms with van der Waals surface area (Å²) in [5, 5.41) is 0. The van der Waals surface area contributed by atoms with Crippen LogP contribution in [-0.2, 0) is 0 Å². The summed E-state index contributed by atoms with van der Waals surface area (Å²) in [6.07, 6.45) is 3.71. The van der Waals surface area contributed by atoms with Crippen molar-refractivity contribution in [3.8, 4) is 5.75 Å². The van der Waals surface area contributed by atoms with Gasteiger partial charge in [-0.1, -0.05) is 30.9 Å². The van der Waals surface area contributed by atoms with Crippen molar-refractivity contribution in [2.24, 2.45) is 0 Å². The Hall–Kier alpha value is -1.83. The lowest BCUT2D eigenvalue weighted by molar-refractivity contribution is 0.101. The zero-order valence-corrected chi connectivity index (χ0v) is 9.69. The number of ether oxygens (including phenoxy) is 1. The van der Waals surface area contributed by atoms with E-state index < -0.39 is 0 Å². The standard InChI is InChI=1S/C14H16O2/c1-4-12(5-2)10-16-14-8-6-7-13(9-14)11(3)15/h4-9H,1,10H2,2-3H3/b12-5+. The first-order chi connectivity index (χ1) is 7.67. The molecular formula is C14H16O2. The third-order valence-electron chi connectivity index (χ3n) is 2.28. The molecule has 0 saturated carbocycles. The van der Waals surface area contributed by atoms with E-state index in [4.69, 9.17) is 4.74 Å². The molecule has 0 aromatic heterocycles. The van der Waals surface area contributed by atoms with Crippen molar-refractivity contribution in [1.29, 1.82) is 0 Å². The van der Waals surface area contributed by atoms with Crippen LogP contribution in [0, 0.1) is 0 Å². The first-order valence-corrected chi connectivity index (χ1v) is 5.18. The first kappa shape index (κ1) is 12.2. The van der Waals surface area contributed by atoms with Gasteiger partial charge in [0.15, 0.2) is 5.78 Å². The highest BCUT2D eigenvalue weighted by molar-refractivity contribution is 5.94. The Morgan fingerprint density at radius 2 is 2.25 bits per heavy atom. The SMILES string of the molecule is C=C/C(=C\C)COc1cccc(C(C)=O)c1. The Labute approximate surface area is 96.2 Å². The molecule has 1 rings (SSSR count). The van der Waals surface area contributed by atoms with Gasteiger partial charge in [-0.15, -0.1) is 0 Å². The molecule has 0 atom stereocenters. The highest BCUT2D eigenvalue weighted by atomic mass is 16.5. The van der Waals surface area contributed by atoms with Crippen molar-refractivity contribution in [2.75, 3.05) is 6.61 Å². The van der Waals surface area contributed by atoms with Crippen molar-refractivity contribution in [1.82, 2.24) is 0 Å². The van der Waals surface area contributed by atoms with Crippen LogP contribution in [0.5, 0.6) is 5.75 Å².